The van der Waals surface area contributed by atoms with E-state index in [0.717, 1.165) is 0 Å². The molecule has 0 bridgehead atoms. The van der Waals surface area contributed by atoms with Gasteiger partial charge in [0.1, 0.15) is 24.1 Å². The minimum Gasteiger partial charge on any atom is -0.394 e. The molecule has 9 heteroatoms. The molecule has 0 saturated carbocycles. The van der Waals surface area contributed by atoms with Crippen LogP contribution in [0.4, 0.5) is 5.82 Å². The van der Waals surface area contributed by atoms with Gasteiger partial charge >= 0.3 is 0 Å². The number of imidazole rings is 1. The standard InChI is InChI=1S/C11H14N4O5/c12-6-1-4-7(10(19)14-6)13-3-15(4)11-9(18)8(17)5(2-16)20-11/h1,3,5,8-9,11,16-18H,2H2,(H3,12,14,19)/t5-,8+,9?,11-/m1/s1. The summed E-state index contributed by atoms with van der Waals surface area (Å²) in [6.45, 7) is -0.427. The van der Waals surface area contributed by atoms with E-state index in [1.807, 2.05) is 0 Å². The second-order valence-corrected chi connectivity index (χ2v) is 4.67. The maximum absolute atomic E-state index is 11.7. The van der Waals surface area contributed by atoms with E-state index in [1.165, 1.54) is 17.0 Å². The Bertz CT molecular complexity index is 696. The Morgan fingerprint density at radius 1 is 1.45 bits per heavy atom. The van der Waals surface area contributed by atoms with Crippen molar-refractivity contribution in [2.75, 3.05) is 12.3 Å². The van der Waals surface area contributed by atoms with Gasteiger partial charge in [-0.3, -0.25) is 4.79 Å². The van der Waals surface area contributed by atoms with Crippen molar-refractivity contribution in [3.8, 4) is 0 Å². The fourth-order valence-corrected chi connectivity index (χ4v) is 2.37. The fraction of sp³-hybridized carbons (Fsp3) is 0.455. The van der Waals surface area contributed by atoms with Gasteiger partial charge in [0.25, 0.3) is 5.56 Å². The highest BCUT2D eigenvalue weighted by atomic mass is 16.6. The van der Waals surface area contributed by atoms with Gasteiger partial charge in [-0.25, -0.2) is 4.98 Å². The summed E-state index contributed by atoms with van der Waals surface area (Å²) in [6.07, 6.45) is -2.99. The molecular weight excluding hydrogens is 268 g/mol. The summed E-state index contributed by atoms with van der Waals surface area (Å²) in [5, 5.41) is 28.8. The van der Waals surface area contributed by atoms with E-state index in [4.69, 9.17) is 15.6 Å². The summed E-state index contributed by atoms with van der Waals surface area (Å²) < 4.78 is 6.79. The smallest absolute Gasteiger partial charge is 0.277 e. The normalized spacial score (nSPS) is 30.1. The first kappa shape index (κ1) is 13.1. The van der Waals surface area contributed by atoms with Crippen LogP contribution in [0.15, 0.2) is 17.2 Å². The van der Waals surface area contributed by atoms with Gasteiger partial charge in [-0.05, 0) is 0 Å². The summed E-state index contributed by atoms with van der Waals surface area (Å²) in [5.74, 6) is 0.149. The SMILES string of the molecule is Nc1cc2c(ncn2[C@@H]2O[C@H](CO)[C@H](O)C2O)c(=O)[nH]1. The molecule has 0 aliphatic carbocycles. The number of aromatic nitrogens is 3. The number of pyridine rings is 1. The van der Waals surface area contributed by atoms with Crippen LogP contribution in [0.5, 0.6) is 0 Å². The third-order valence-electron chi connectivity index (χ3n) is 3.39. The van der Waals surface area contributed by atoms with Gasteiger partial charge in [0, 0.05) is 6.07 Å². The third kappa shape index (κ3) is 1.79. The van der Waals surface area contributed by atoms with Crippen LogP contribution in [-0.4, -0.2) is 54.8 Å². The Morgan fingerprint density at radius 2 is 2.20 bits per heavy atom. The van der Waals surface area contributed by atoms with E-state index < -0.39 is 36.7 Å². The van der Waals surface area contributed by atoms with Crippen molar-refractivity contribution >= 4 is 16.9 Å². The van der Waals surface area contributed by atoms with Crippen LogP contribution in [0, 0.1) is 0 Å². The van der Waals surface area contributed by atoms with Gasteiger partial charge in [-0.2, -0.15) is 0 Å². The van der Waals surface area contributed by atoms with Crippen molar-refractivity contribution in [2.45, 2.75) is 24.5 Å². The Hall–Kier alpha value is -1.94. The topological polar surface area (TPSA) is 147 Å². The predicted octanol–water partition coefficient (Wildman–Crippen LogP) is -2.08. The van der Waals surface area contributed by atoms with Crippen molar-refractivity contribution in [2.24, 2.45) is 0 Å². The zero-order valence-corrected chi connectivity index (χ0v) is 10.3. The number of anilines is 1. The summed E-state index contributed by atoms with van der Waals surface area (Å²) in [5.41, 5.74) is 5.65. The molecule has 6 N–H and O–H groups in total. The molecule has 3 heterocycles. The molecule has 0 amide bonds. The van der Waals surface area contributed by atoms with Crippen LogP contribution in [0.2, 0.25) is 0 Å². The molecule has 0 spiro atoms. The maximum atomic E-state index is 11.7. The van der Waals surface area contributed by atoms with E-state index in [2.05, 4.69) is 9.97 Å². The van der Waals surface area contributed by atoms with Gasteiger partial charge in [-0.1, -0.05) is 0 Å². The number of nitrogens with zero attached hydrogens (tertiary/aromatic N) is 2. The lowest BCUT2D eigenvalue weighted by Gasteiger charge is -2.17. The number of aromatic amines is 1. The molecule has 1 fully saturated rings. The lowest BCUT2D eigenvalue weighted by atomic mass is 10.1. The molecule has 3 rings (SSSR count). The summed E-state index contributed by atoms with van der Waals surface area (Å²) in [4.78, 5) is 18.0. The van der Waals surface area contributed by atoms with Crippen LogP contribution >= 0.6 is 0 Å². The summed E-state index contributed by atoms with van der Waals surface area (Å²) in [7, 11) is 0. The van der Waals surface area contributed by atoms with Gasteiger partial charge in [0.2, 0.25) is 0 Å². The number of hydrogen-bond acceptors (Lipinski definition) is 7. The highest BCUT2D eigenvalue weighted by Crippen LogP contribution is 2.31. The zero-order chi connectivity index (χ0) is 14.4. The molecule has 1 unspecified atom stereocenters. The quantitative estimate of drug-likeness (QED) is 0.424. The average Bonchev–Trinajstić information content (AvgIpc) is 2.93. The molecule has 1 aliphatic rings. The van der Waals surface area contributed by atoms with E-state index >= 15 is 0 Å². The van der Waals surface area contributed by atoms with Crippen molar-refractivity contribution in [1.29, 1.82) is 0 Å². The first-order valence-corrected chi connectivity index (χ1v) is 6.00. The van der Waals surface area contributed by atoms with Crippen molar-refractivity contribution in [3.63, 3.8) is 0 Å². The minimum atomic E-state index is -1.25. The van der Waals surface area contributed by atoms with Crippen molar-refractivity contribution in [1.82, 2.24) is 14.5 Å². The number of aliphatic hydroxyl groups is 3. The fourth-order valence-electron chi connectivity index (χ4n) is 2.37. The molecule has 2 aromatic rings. The molecule has 2 aromatic heterocycles. The lowest BCUT2D eigenvalue weighted by molar-refractivity contribution is -0.0508. The van der Waals surface area contributed by atoms with Crippen LogP contribution in [0.25, 0.3) is 11.0 Å². The molecule has 9 nitrogen and oxygen atoms in total. The van der Waals surface area contributed by atoms with Crippen molar-refractivity contribution < 1.29 is 20.1 Å². The molecular formula is C11H14N4O5. The number of nitrogens with one attached hydrogen (secondary N) is 1. The second kappa shape index (κ2) is 4.56. The van der Waals surface area contributed by atoms with E-state index in [0.29, 0.717) is 5.52 Å². The first-order valence-electron chi connectivity index (χ1n) is 6.00. The van der Waals surface area contributed by atoms with Crippen LogP contribution in [-0.2, 0) is 4.74 Å². The minimum absolute atomic E-state index is 0.149. The molecule has 1 saturated heterocycles. The van der Waals surface area contributed by atoms with Gasteiger partial charge in [0.05, 0.1) is 18.5 Å². The largest absolute Gasteiger partial charge is 0.394 e. The molecule has 108 valence electrons. The van der Waals surface area contributed by atoms with Crippen LogP contribution < -0.4 is 11.3 Å². The van der Waals surface area contributed by atoms with Crippen molar-refractivity contribution in [3.05, 3.63) is 22.7 Å². The Kier molecular flexibility index (Phi) is 2.98. The predicted molar refractivity (Wildman–Crippen MR) is 67.8 cm³/mol. The molecule has 20 heavy (non-hydrogen) atoms. The number of rotatable bonds is 2. The Morgan fingerprint density at radius 3 is 2.85 bits per heavy atom. The van der Waals surface area contributed by atoms with E-state index in [1.54, 1.807) is 0 Å². The lowest BCUT2D eigenvalue weighted by Crippen LogP contribution is -2.33. The number of ether oxygens (including phenoxy) is 1. The number of nitrogens with two attached hydrogens (primary N) is 1. The highest BCUT2D eigenvalue weighted by Gasteiger charge is 2.43. The van der Waals surface area contributed by atoms with E-state index in [9.17, 15) is 15.0 Å². The Labute approximate surface area is 112 Å². The molecule has 4 atom stereocenters. The highest BCUT2D eigenvalue weighted by molar-refractivity contribution is 5.76. The number of hydrogen-bond donors (Lipinski definition) is 5. The molecule has 0 radical (unpaired) electrons. The number of H-pyrrole nitrogens is 1. The second-order valence-electron chi connectivity index (χ2n) is 4.67. The molecule has 0 aromatic carbocycles. The Balaban J connectivity index is 2.09. The van der Waals surface area contributed by atoms with Crippen LogP contribution in [0.3, 0.4) is 0 Å². The summed E-state index contributed by atoms with van der Waals surface area (Å²) >= 11 is 0. The van der Waals surface area contributed by atoms with E-state index in [-0.39, 0.29) is 11.3 Å². The number of fused-ring (bicyclic) bond motifs is 1. The van der Waals surface area contributed by atoms with Gasteiger partial charge < -0.3 is 35.3 Å². The number of nitrogen functional groups attached to an aromatic ring is 1. The summed E-state index contributed by atoms with van der Waals surface area (Å²) in [6, 6.07) is 1.48. The maximum Gasteiger partial charge on any atom is 0.277 e. The van der Waals surface area contributed by atoms with Crippen LogP contribution in [0.1, 0.15) is 6.23 Å². The average molecular weight is 282 g/mol. The monoisotopic (exact) mass is 282 g/mol. The zero-order valence-electron chi connectivity index (χ0n) is 10.3. The first-order chi connectivity index (χ1) is 9.52. The number of aliphatic hydroxyl groups excluding tert-OH is 3. The molecule has 1 aliphatic heterocycles. The van der Waals surface area contributed by atoms with Gasteiger partial charge in [0.15, 0.2) is 11.7 Å². The van der Waals surface area contributed by atoms with Gasteiger partial charge in [-0.15, -0.1) is 0 Å². The third-order valence-corrected chi connectivity index (χ3v) is 3.39.